The van der Waals surface area contributed by atoms with Crippen LogP contribution in [0.5, 0.6) is 0 Å². The molecule has 10 N–H and O–H groups in total. The monoisotopic (exact) mass is 811 g/mol. The molecule has 2 aliphatic heterocycles. The first-order valence-electron chi connectivity index (χ1n) is 19.6. The Bertz CT molecular complexity index is 2090. The molecule has 6 atom stereocenters. The van der Waals surface area contributed by atoms with E-state index in [1.165, 1.54) is 9.80 Å². The van der Waals surface area contributed by atoms with E-state index < -0.39 is 70.6 Å². The number of esters is 2. The Labute approximate surface area is 340 Å². The number of anilines is 1. The summed E-state index contributed by atoms with van der Waals surface area (Å²) in [5.41, 5.74) is 17.1. The molecule has 312 valence electrons. The number of hydrogen-bond acceptors (Lipinski definition) is 13. The van der Waals surface area contributed by atoms with E-state index >= 15 is 0 Å². The van der Waals surface area contributed by atoms with Crippen molar-refractivity contribution in [2.45, 2.75) is 99.8 Å². The zero-order valence-electron chi connectivity index (χ0n) is 32.9. The Morgan fingerprint density at radius 2 is 1.07 bits per heavy atom. The number of carbonyl (C=O) groups excluding carboxylic acids is 6. The van der Waals surface area contributed by atoms with Gasteiger partial charge in [0.05, 0.1) is 12.3 Å². The van der Waals surface area contributed by atoms with E-state index in [9.17, 15) is 39.0 Å². The number of rotatable bonds is 11. The van der Waals surface area contributed by atoms with Crippen molar-refractivity contribution in [1.82, 2.24) is 9.80 Å². The van der Waals surface area contributed by atoms with Gasteiger partial charge in [0.15, 0.2) is 0 Å². The quantitative estimate of drug-likeness (QED) is 0.118. The van der Waals surface area contributed by atoms with Crippen molar-refractivity contribution in [2.75, 3.05) is 18.0 Å². The molecule has 3 aromatic carbocycles. The van der Waals surface area contributed by atoms with Gasteiger partial charge in [-0.3, -0.25) is 19.4 Å². The molecule has 0 saturated carbocycles. The van der Waals surface area contributed by atoms with Crippen molar-refractivity contribution in [3.05, 3.63) is 100 Å². The first-order valence-corrected chi connectivity index (χ1v) is 19.6. The zero-order valence-corrected chi connectivity index (χ0v) is 32.9. The molecule has 2 heterocycles. The fourth-order valence-corrected chi connectivity index (χ4v) is 10.3. The minimum Gasteiger partial charge on any atom is -0.382 e. The Balaban J connectivity index is 1.49. The van der Waals surface area contributed by atoms with Gasteiger partial charge in [-0.15, -0.1) is 0 Å². The standard InChI is InChI=1S/C42H49N7O10/c1-24-6-3-7-30(25(24)2)49(31-8-4-22-47(31)41(33(43)50,35(52)58-37(45)54)39(56)20-18-26-10-14-28(39)15-11-26)32-9-5-23-48(32)42(34(44)51,36(53)59-38(46)55)40(57)21-19-27-12-16-29(40)17-13-27/h3,6-7,10-17,31-32,56-57H,4-5,8-9,18-23H2,1-2H3,(H2,43,50)(H2,44,51)(H2,45,54)(H2,46,55)/t31?,32?,39-,40-,41+,42+/m1/s1. The molecule has 2 fully saturated rings. The third-order valence-electron chi connectivity index (χ3n) is 13.1. The highest BCUT2D eigenvalue weighted by Crippen LogP contribution is 2.51. The number of hydrogen-bond donors (Lipinski definition) is 6. The van der Waals surface area contributed by atoms with E-state index in [-0.39, 0.29) is 62.7 Å². The van der Waals surface area contributed by atoms with Crippen molar-refractivity contribution in [3.63, 3.8) is 0 Å². The maximum Gasteiger partial charge on any atom is 0.412 e. The van der Waals surface area contributed by atoms with Gasteiger partial charge in [-0.25, -0.2) is 19.2 Å². The summed E-state index contributed by atoms with van der Waals surface area (Å²) in [6, 6.07) is 18.8. The molecule has 17 heteroatoms. The third-order valence-corrected chi connectivity index (χ3v) is 13.1. The molecule has 0 radical (unpaired) electrons. The summed E-state index contributed by atoms with van der Waals surface area (Å²) in [7, 11) is 0. The fourth-order valence-electron chi connectivity index (χ4n) is 10.3. The van der Waals surface area contributed by atoms with Gasteiger partial charge in [0.2, 0.25) is 11.1 Å². The van der Waals surface area contributed by atoms with Crippen LogP contribution >= 0.6 is 0 Å². The van der Waals surface area contributed by atoms with Crippen molar-refractivity contribution in [3.8, 4) is 0 Å². The lowest BCUT2D eigenvalue weighted by Gasteiger charge is -2.55. The average Bonchev–Trinajstić information content (AvgIpc) is 3.70. The first kappa shape index (κ1) is 41.3. The maximum atomic E-state index is 14.7. The number of aliphatic hydroxyl groups is 2. The predicted molar refractivity (Wildman–Crippen MR) is 210 cm³/mol. The smallest absolute Gasteiger partial charge is 0.382 e. The lowest BCUT2D eigenvalue weighted by molar-refractivity contribution is -0.188. The summed E-state index contributed by atoms with van der Waals surface area (Å²) in [4.78, 5) is 87.5. The minimum absolute atomic E-state index is 0.0457. The van der Waals surface area contributed by atoms with Gasteiger partial charge in [0.1, 0.15) is 11.2 Å². The molecule has 6 aliphatic rings. The summed E-state index contributed by atoms with van der Waals surface area (Å²) in [6.45, 7) is 3.63. The van der Waals surface area contributed by atoms with Gasteiger partial charge in [-0.1, -0.05) is 60.7 Å². The van der Waals surface area contributed by atoms with E-state index in [1.54, 1.807) is 60.7 Å². The van der Waals surface area contributed by atoms with Crippen LogP contribution in [0.15, 0.2) is 66.7 Å². The van der Waals surface area contributed by atoms with Crippen LogP contribution in [0.4, 0.5) is 15.3 Å². The first-order chi connectivity index (χ1) is 27.9. The Kier molecular flexibility index (Phi) is 10.5. The summed E-state index contributed by atoms with van der Waals surface area (Å²) < 4.78 is 10.1. The van der Waals surface area contributed by atoms with Gasteiger partial charge < -0.3 is 47.5 Å². The number of nitrogens with zero attached hydrogens (tertiary/aromatic N) is 3. The average molecular weight is 812 g/mol. The lowest BCUT2D eigenvalue weighted by atomic mass is 9.70. The second kappa shape index (κ2) is 15.1. The number of primary amides is 4. The Morgan fingerprint density at radius 1 is 0.661 bits per heavy atom. The van der Waals surface area contributed by atoms with Crippen LogP contribution in [0.2, 0.25) is 0 Å². The number of carbonyl (C=O) groups is 6. The molecule has 17 nitrogen and oxygen atoms in total. The number of fused-ring (bicyclic) bond motifs is 8. The maximum absolute atomic E-state index is 14.7. The van der Waals surface area contributed by atoms with Gasteiger partial charge in [-0.05, 0) is 105 Å². The highest BCUT2D eigenvalue weighted by Gasteiger charge is 2.71. The van der Waals surface area contributed by atoms with E-state index in [1.807, 2.05) is 24.8 Å². The predicted octanol–water partition coefficient (Wildman–Crippen LogP) is 1.31. The number of benzene rings is 3. The van der Waals surface area contributed by atoms with Crippen LogP contribution in [-0.2, 0) is 52.7 Å². The molecule has 4 aliphatic carbocycles. The summed E-state index contributed by atoms with van der Waals surface area (Å²) >= 11 is 0. The molecule has 59 heavy (non-hydrogen) atoms. The zero-order chi connectivity index (χ0) is 42.7. The largest absolute Gasteiger partial charge is 0.412 e. The van der Waals surface area contributed by atoms with Gasteiger partial charge in [-0.2, -0.15) is 0 Å². The van der Waals surface area contributed by atoms with E-state index in [0.717, 1.165) is 22.3 Å². The van der Waals surface area contributed by atoms with Gasteiger partial charge in [0.25, 0.3) is 11.8 Å². The minimum atomic E-state index is -2.79. The molecule has 9 rings (SSSR count). The van der Waals surface area contributed by atoms with E-state index in [0.29, 0.717) is 18.5 Å². The van der Waals surface area contributed by atoms with Crippen LogP contribution in [-0.4, -0.2) is 92.5 Å². The highest BCUT2D eigenvalue weighted by molar-refractivity contribution is 6.12. The van der Waals surface area contributed by atoms with Crippen LogP contribution in [0, 0.1) is 13.8 Å². The molecular weight excluding hydrogens is 763 g/mol. The van der Waals surface area contributed by atoms with Gasteiger partial charge >= 0.3 is 24.1 Å². The molecule has 4 bridgehead atoms. The highest BCUT2D eigenvalue weighted by atomic mass is 16.6. The van der Waals surface area contributed by atoms with E-state index in [2.05, 4.69) is 0 Å². The number of likely N-dealkylation sites (tertiary alicyclic amines) is 2. The SMILES string of the molecule is Cc1cccc(N(C2CCCN2[C@@](C(N)=O)(C(=O)OC(N)=O)[C@@]2(O)CCc3ccc2cc3)C2CCCN2[C@@](C(N)=O)(C(=O)OC(N)=O)[C@@]2(O)CCc3ccc2cc3)c1C. The summed E-state index contributed by atoms with van der Waals surface area (Å²) in [5, 5.41) is 26.0. The van der Waals surface area contributed by atoms with Crippen LogP contribution in [0.1, 0.15) is 71.9 Å². The third kappa shape index (κ3) is 6.13. The van der Waals surface area contributed by atoms with Crippen molar-refractivity contribution in [2.24, 2.45) is 22.9 Å². The fraction of sp³-hybridized carbons (Fsp3) is 0.429. The van der Waals surface area contributed by atoms with Crippen molar-refractivity contribution < 1.29 is 48.5 Å². The second-order valence-electron chi connectivity index (χ2n) is 15.9. The normalized spacial score (nSPS) is 25.9. The van der Waals surface area contributed by atoms with Crippen LogP contribution in [0.3, 0.4) is 0 Å². The Hall–Kier alpha value is -5.88. The number of amides is 4. The molecule has 2 saturated heterocycles. The topological polar surface area (TPSA) is 275 Å². The summed E-state index contributed by atoms with van der Waals surface area (Å²) in [6.07, 6.45) is -4.15. The number of ether oxygens (including phenoxy) is 2. The number of aryl methyl sites for hydroxylation is 3. The van der Waals surface area contributed by atoms with Crippen molar-refractivity contribution >= 4 is 41.6 Å². The molecule has 0 aromatic heterocycles. The second-order valence-corrected chi connectivity index (χ2v) is 15.9. The molecule has 4 amide bonds. The molecule has 3 aromatic rings. The molecular formula is C42H49N7O10. The lowest BCUT2D eigenvalue weighted by Crippen LogP contribution is -2.78. The van der Waals surface area contributed by atoms with Gasteiger partial charge in [0, 0.05) is 18.8 Å². The van der Waals surface area contributed by atoms with Crippen LogP contribution in [0.25, 0.3) is 0 Å². The summed E-state index contributed by atoms with van der Waals surface area (Å²) in [5.74, 6) is -5.62. The van der Waals surface area contributed by atoms with Crippen molar-refractivity contribution in [1.29, 1.82) is 0 Å². The molecule has 0 spiro atoms. The van der Waals surface area contributed by atoms with Crippen LogP contribution < -0.4 is 27.8 Å². The Morgan fingerprint density at radius 3 is 1.44 bits per heavy atom. The van der Waals surface area contributed by atoms with E-state index in [4.69, 9.17) is 32.4 Å². The molecule has 2 unspecified atom stereocenters. The number of nitrogens with two attached hydrogens (primary N) is 4.